The topological polar surface area (TPSA) is 106 Å². The Morgan fingerprint density at radius 3 is 2.46 bits per heavy atom. The third-order valence-electron chi connectivity index (χ3n) is 10.5. The second-order valence-corrected chi connectivity index (χ2v) is 16.2. The molecular formula is C42H74N8OS. The zero-order chi connectivity index (χ0) is 38.7. The number of hydrogen-bond acceptors (Lipinski definition) is 8. The number of nitrogens with two attached hydrogens (primary N) is 1. The van der Waals surface area contributed by atoms with E-state index in [-0.39, 0.29) is 10.9 Å². The number of allylic oxidation sites excluding steroid dienone is 3. The molecular weight excluding hydrogens is 665 g/mol. The summed E-state index contributed by atoms with van der Waals surface area (Å²) in [6, 6.07) is 0.0851. The maximum atomic E-state index is 10.0. The molecule has 0 aromatic carbocycles. The quantitative estimate of drug-likeness (QED) is 0.0464. The standard InChI is InChI=1S/C26H42N6S.C14H26N2O.C2H6/c1-6-8-9-21-29-22-19-16-18(10-11-20(19)28-24(27)23(22)30-21)31-12-14-32(15-13-31)26(5,33)17-25(3,4)7-2;1-4-5-10-14(2)16(3)12-9-7-6-8-11-15-13-17;1-2/h10,16,20,33H,6-9,11-15,17H2,1-5H3,(H2,27,28)(H,29,30);4,13H,1-2,5-12H2,3H3,(H,15,17);1-2H3. The van der Waals surface area contributed by atoms with Crippen LogP contribution in [0, 0.1) is 5.41 Å². The molecule has 4 N–H and O–H groups in total. The van der Waals surface area contributed by atoms with Gasteiger partial charge in [0.1, 0.15) is 17.4 Å². The summed E-state index contributed by atoms with van der Waals surface area (Å²) >= 11 is 5.10. The van der Waals surface area contributed by atoms with Crippen molar-refractivity contribution in [3.8, 4) is 0 Å². The average Bonchev–Trinajstić information content (AvgIpc) is 3.58. The highest BCUT2D eigenvalue weighted by Gasteiger charge is 2.36. The fraction of sp³-hybridized carbons (Fsp3) is 0.690. The van der Waals surface area contributed by atoms with E-state index in [1.807, 2.05) is 19.9 Å². The minimum atomic E-state index is -0.0788. The molecule has 1 aromatic heterocycles. The van der Waals surface area contributed by atoms with E-state index in [9.17, 15) is 4.79 Å². The summed E-state index contributed by atoms with van der Waals surface area (Å²) in [6.07, 6.45) is 20.4. The Labute approximate surface area is 323 Å². The number of thiol groups is 1. The van der Waals surface area contributed by atoms with Gasteiger partial charge < -0.3 is 25.8 Å². The molecule has 2 aliphatic heterocycles. The van der Waals surface area contributed by atoms with Gasteiger partial charge in [-0.1, -0.05) is 86.0 Å². The van der Waals surface area contributed by atoms with E-state index < -0.39 is 0 Å². The first-order valence-corrected chi connectivity index (χ1v) is 20.5. The number of carbonyl (C=O) groups excluding carboxylic acids is 1. The van der Waals surface area contributed by atoms with E-state index in [2.05, 4.69) is 92.0 Å². The first-order chi connectivity index (χ1) is 24.9. The first-order valence-electron chi connectivity index (χ1n) is 20.1. The maximum absolute atomic E-state index is 10.0. The number of amides is 1. The molecule has 4 rings (SSSR count). The summed E-state index contributed by atoms with van der Waals surface area (Å²) in [5, 5.41) is 2.67. The summed E-state index contributed by atoms with van der Waals surface area (Å²) in [4.78, 5) is 30.4. The second-order valence-electron chi connectivity index (χ2n) is 15.2. The molecule has 3 aliphatic rings. The number of nitrogens with zero attached hydrogens (tertiary/aromatic N) is 5. The molecule has 1 aromatic rings. The number of rotatable bonds is 20. The van der Waals surface area contributed by atoms with Crippen molar-refractivity contribution >= 4 is 30.4 Å². The van der Waals surface area contributed by atoms with Gasteiger partial charge in [-0.15, -0.1) is 6.58 Å². The molecule has 0 saturated carbocycles. The van der Waals surface area contributed by atoms with Crippen LogP contribution in [-0.2, 0) is 11.2 Å². The Hall–Kier alpha value is -2.98. The van der Waals surface area contributed by atoms with Gasteiger partial charge in [0.05, 0.1) is 16.6 Å². The molecule has 1 amide bonds. The van der Waals surface area contributed by atoms with Crippen LogP contribution in [0.5, 0.6) is 0 Å². The second kappa shape index (κ2) is 22.9. The fourth-order valence-electron chi connectivity index (χ4n) is 6.95. The summed E-state index contributed by atoms with van der Waals surface area (Å²) < 4.78 is 0. The number of imidazole rings is 1. The van der Waals surface area contributed by atoms with E-state index in [1.165, 1.54) is 42.7 Å². The van der Waals surface area contributed by atoms with Crippen molar-refractivity contribution in [2.24, 2.45) is 16.1 Å². The molecule has 1 fully saturated rings. The highest BCUT2D eigenvalue weighted by atomic mass is 32.1. The van der Waals surface area contributed by atoms with Gasteiger partial charge in [0, 0.05) is 69.7 Å². The molecule has 2 unspecified atom stereocenters. The molecule has 1 saturated heterocycles. The number of aromatic nitrogens is 2. The van der Waals surface area contributed by atoms with E-state index >= 15 is 0 Å². The smallest absolute Gasteiger partial charge is 0.207 e. The van der Waals surface area contributed by atoms with Crippen molar-refractivity contribution in [2.75, 3.05) is 46.3 Å². The first kappa shape index (κ1) is 45.2. The van der Waals surface area contributed by atoms with Crippen LogP contribution in [0.3, 0.4) is 0 Å². The van der Waals surface area contributed by atoms with Crippen LogP contribution >= 0.6 is 12.6 Å². The van der Waals surface area contributed by atoms with Crippen LogP contribution in [0.4, 0.5) is 0 Å². The van der Waals surface area contributed by atoms with E-state index in [0.29, 0.717) is 11.3 Å². The zero-order valence-electron chi connectivity index (χ0n) is 34.2. The van der Waals surface area contributed by atoms with Crippen LogP contribution in [0.2, 0.25) is 0 Å². The van der Waals surface area contributed by atoms with Crippen molar-refractivity contribution < 1.29 is 4.79 Å². The van der Waals surface area contributed by atoms with Gasteiger partial charge >= 0.3 is 0 Å². The highest BCUT2D eigenvalue weighted by Crippen LogP contribution is 2.38. The third-order valence-corrected chi connectivity index (χ3v) is 10.9. The number of piperazine rings is 1. The minimum Gasteiger partial charge on any atom is -0.382 e. The van der Waals surface area contributed by atoms with Crippen molar-refractivity contribution in [2.45, 2.75) is 136 Å². The van der Waals surface area contributed by atoms with Crippen LogP contribution in [0.25, 0.3) is 5.57 Å². The lowest BCUT2D eigenvalue weighted by Crippen LogP contribution is -2.54. The number of unbranched alkanes of at least 4 members (excludes halogenated alkanes) is 4. The largest absolute Gasteiger partial charge is 0.382 e. The summed E-state index contributed by atoms with van der Waals surface area (Å²) in [6.45, 7) is 29.2. The number of aromatic amines is 1. The molecule has 9 nitrogen and oxygen atoms in total. The molecule has 10 heteroatoms. The summed E-state index contributed by atoms with van der Waals surface area (Å²) in [5.41, 5.74) is 12.2. The van der Waals surface area contributed by atoms with E-state index in [0.717, 1.165) is 114 Å². The maximum Gasteiger partial charge on any atom is 0.207 e. The van der Waals surface area contributed by atoms with Gasteiger partial charge in [0.15, 0.2) is 0 Å². The van der Waals surface area contributed by atoms with Gasteiger partial charge in [-0.25, -0.2) is 4.98 Å². The lowest BCUT2D eigenvalue weighted by atomic mass is 9.83. The normalized spacial score (nSPS) is 18.1. The van der Waals surface area contributed by atoms with E-state index in [4.69, 9.17) is 28.3 Å². The Balaban J connectivity index is 0.000000419. The molecule has 0 spiro atoms. The average molecular weight is 739 g/mol. The lowest BCUT2D eigenvalue weighted by molar-refractivity contribution is -0.109. The van der Waals surface area contributed by atoms with E-state index in [1.54, 1.807) is 0 Å². The molecule has 52 heavy (non-hydrogen) atoms. The Morgan fingerprint density at radius 2 is 1.83 bits per heavy atom. The van der Waals surface area contributed by atoms with Gasteiger partial charge in [0.2, 0.25) is 6.41 Å². The molecule has 0 bridgehead atoms. The van der Waals surface area contributed by atoms with Crippen molar-refractivity contribution in [1.29, 1.82) is 0 Å². The Morgan fingerprint density at radius 1 is 1.13 bits per heavy atom. The van der Waals surface area contributed by atoms with Gasteiger partial charge in [-0.2, -0.15) is 12.6 Å². The number of hydrogen-bond donors (Lipinski definition) is 4. The fourth-order valence-corrected chi connectivity index (χ4v) is 7.58. The SMILES string of the molecule is C=CCCC(=C)N(C)CCCCCCNC=O.CC.CCCCc1nc2c([nH]1)C(N)=NC1CC=C(N3CCN(C(C)(S)CC(C)(C)CC)CC3)C=C21. The number of amidine groups is 1. The number of aliphatic imine (C=N–C) groups is 1. The van der Waals surface area contributed by atoms with Crippen molar-refractivity contribution in [1.82, 2.24) is 30.0 Å². The number of aryl methyl sites for hydroxylation is 1. The number of nitrogens with one attached hydrogen (secondary N) is 2. The molecule has 294 valence electrons. The molecule has 1 aliphatic carbocycles. The minimum absolute atomic E-state index is 0.0788. The number of carbonyl (C=O) groups is 1. The van der Waals surface area contributed by atoms with Crippen LogP contribution in [0.15, 0.2) is 47.8 Å². The monoisotopic (exact) mass is 739 g/mol. The predicted molar refractivity (Wildman–Crippen MR) is 227 cm³/mol. The number of H-pyrrole nitrogens is 1. The highest BCUT2D eigenvalue weighted by molar-refractivity contribution is 7.81. The Kier molecular flexibility index (Phi) is 19.9. The molecule has 0 radical (unpaired) electrons. The predicted octanol–water partition coefficient (Wildman–Crippen LogP) is 8.33. The Bertz CT molecular complexity index is 1340. The van der Waals surface area contributed by atoms with Gasteiger partial charge in [0.25, 0.3) is 0 Å². The zero-order valence-corrected chi connectivity index (χ0v) is 35.1. The van der Waals surface area contributed by atoms with Crippen molar-refractivity contribution in [3.05, 3.63) is 60.0 Å². The summed E-state index contributed by atoms with van der Waals surface area (Å²) in [5.74, 6) is 1.62. The van der Waals surface area contributed by atoms with Gasteiger partial charge in [-0.3, -0.25) is 14.7 Å². The van der Waals surface area contributed by atoms with Crippen molar-refractivity contribution in [3.63, 3.8) is 0 Å². The summed E-state index contributed by atoms with van der Waals surface area (Å²) in [7, 11) is 2.10. The molecule has 3 heterocycles. The molecule has 2 atom stereocenters. The number of fused-ring (bicyclic) bond motifs is 3. The van der Waals surface area contributed by atoms with Crippen LogP contribution in [0.1, 0.15) is 136 Å². The third kappa shape index (κ3) is 14.1. The van der Waals surface area contributed by atoms with Gasteiger partial charge in [-0.05, 0) is 63.4 Å². The lowest BCUT2D eigenvalue weighted by Gasteiger charge is -2.47. The van der Waals surface area contributed by atoms with Crippen LogP contribution in [-0.4, -0.2) is 94.1 Å². The van der Waals surface area contributed by atoms with Crippen LogP contribution < -0.4 is 11.1 Å².